The minimum absolute atomic E-state index is 0.0556. The number of rotatable bonds is 7. The van der Waals surface area contributed by atoms with Crippen molar-refractivity contribution in [2.75, 3.05) is 18.9 Å². The fourth-order valence-corrected chi connectivity index (χ4v) is 2.84. The number of halogens is 3. The van der Waals surface area contributed by atoms with Crippen LogP contribution in [-0.2, 0) is 16.7 Å². The predicted molar refractivity (Wildman–Crippen MR) is 100 cm³/mol. The second-order valence-electron chi connectivity index (χ2n) is 5.42. The maximum absolute atomic E-state index is 12.6. The molecule has 0 bridgehead atoms. The third-order valence-corrected chi connectivity index (χ3v) is 4.32. The van der Waals surface area contributed by atoms with Crippen LogP contribution in [0.1, 0.15) is 11.1 Å². The molecule has 0 saturated heterocycles. The molecule has 1 N–H and O–H groups in total. The second kappa shape index (κ2) is 10.5. The Morgan fingerprint density at radius 1 is 1.07 bits per heavy atom. The molecule has 3 nitrogen and oxygen atoms in total. The number of carbonyl (C=O) groups excluding carboxylic acids is 1. The summed E-state index contributed by atoms with van der Waals surface area (Å²) in [4.78, 5) is 11.7. The summed E-state index contributed by atoms with van der Waals surface area (Å²) in [5.74, 6) is 6.42. The van der Waals surface area contributed by atoms with Gasteiger partial charge in [0.15, 0.2) is 0 Å². The van der Waals surface area contributed by atoms with Gasteiger partial charge < -0.3 is 10.1 Å². The number of alkyl halides is 3. The molecule has 2 rings (SSSR count). The Bertz CT molecular complexity index is 798. The van der Waals surface area contributed by atoms with Gasteiger partial charge in [0.2, 0.25) is 5.91 Å². The van der Waals surface area contributed by atoms with E-state index in [-0.39, 0.29) is 24.8 Å². The number of carbonyl (C=O) groups is 1. The second-order valence-corrected chi connectivity index (χ2v) is 6.41. The molecule has 0 fully saturated rings. The van der Waals surface area contributed by atoms with E-state index in [0.717, 1.165) is 23.4 Å². The largest absolute Gasteiger partial charge is 0.481 e. The van der Waals surface area contributed by atoms with E-state index >= 15 is 0 Å². The van der Waals surface area contributed by atoms with E-state index in [1.165, 1.54) is 23.9 Å². The van der Waals surface area contributed by atoms with Crippen LogP contribution in [0.5, 0.6) is 5.75 Å². The van der Waals surface area contributed by atoms with Crippen LogP contribution in [0.4, 0.5) is 13.2 Å². The smallest absolute Gasteiger partial charge is 0.416 e. The van der Waals surface area contributed by atoms with Crippen LogP contribution in [0, 0.1) is 11.8 Å². The zero-order chi connectivity index (χ0) is 19.5. The van der Waals surface area contributed by atoms with E-state index in [1.807, 2.05) is 30.3 Å². The molecule has 0 atom stereocenters. The topological polar surface area (TPSA) is 38.3 Å². The van der Waals surface area contributed by atoms with Crippen LogP contribution in [0.15, 0.2) is 54.6 Å². The molecule has 27 heavy (non-hydrogen) atoms. The fourth-order valence-electron chi connectivity index (χ4n) is 2.02. The van der Waals surface area contributed by atoms with Gasteiger partial charge in [-0.15, -0.1) is 11.8 Å². The number of hydrogen-bond donors (Lipinski definition) is 1. The molecule has 142 valence electrons. The highest BCUT2D eigenvalue weighted by Crippen LogP contribution is 2.31. The molecule has 0 heterocycles. The van der Waals surface area contributed by atoms with Gasteiger partial charge in [-0.3, -0.25) is 4.79 Å². The zero-order valence-electron chi connectivity index (χ0n) is 14.4. The highest BCUT2D eigenvalue weighted by molar-refractivity contribution is 7.99. The monoisotopic (exact) mass is 393 g/mol. The first-order valence-electron chi connectivity index (χ1n) is 8.09. The first-order chi connectivity index (χ1) is 12.9. The molecule has 0 aliphatic heterocycles. The van der Waals surface area contributed by atoms with Crippen LogP contribution < -0.4 is 10.1 Å². The highest BCUT2D eigenvalue weighted by Gasteiger charge is 2.30. The highest BCUT2D eigenvalue weighted by atomic mass is 32.2. The third-order valence-electron chi connectivity index (χ3n) is 3.32. The summed E-state index contributed by atoms with van der Waals surface area (Å²) in [5.41, 5.74) is 0.384. The van der Waals surface area contributed by atoms with Gasteiger partial charge in [0.1, 0.15) is 12.4 Å². The van der Waals surface area contributed by atoms with Crippen LogP contribution in [-0.4, -0.2) is 24.8 Å². The van der Waals surface area contributed by atoms with Crippen molar-refractivity contribution in [1.82, 2.24) is 5.32 Å². The molecule has 1 amide bonds. The SMILES string of the molecule is O=C(CSCc1ccccc1)NCC#CCOc1cccc(C(F)(F)F)c1. The molecular formula is C20H18F3NO2S. The maximum atomic E-state index is 12.6. The van der Waals surface area contributed by atoms with E-state index in [9.17, 15) is 18.0 Å². The molecule has 0 spiro atoms. The summed E-state index contributed by atoms with van der Waals surface area (Å²) >= 11 is 1.51. The van der Waals surface area contributed by atoms with Crippen molar-refractivity contribution in [1.29, 1.82) is 0 Å². The van der Waals surface area contributed by atoms with Crippen molar-refractivity contribution in [3.8, 4) is 17.6 Å². The van der Waals surface area contributed by atoms with Gasteiger partial charge in [-0.2, -0.15) is 13.2 Å². The lowest BCUT2D eigenvalue weighted by Crippen LogP contribution is -2.25. The van der Waals surface area contributed by atoms with Crippen molar-refractivity contribution in [2.24, 2.45) is 0 Å². The summed E-state index contributed by atoms with van der Waals surface area (Å²) < 4.78 is 42.9. The summed E-state index contributed by atoms with van der Waals surface area (Å²) in [7, 11) is 0. The van der Waals surface area contributed by atoms with Crippen LogP contribution in [0.25, 0.3) is 0 Å². The third kappa shape index (κ3) is 8.09. The number of thioether (sulfide) groups is 1. The van der Waals surface area contributed by atoms with E-state index in [4.69, 9.17) is 4.74 Å². The minimum Gasteiger partial charge on any atom is -0.481 e. The Labute approximate surface area is 160 Å². The van der Waals surface area contributed by atoms with Crippen molar-refractivity contribution >= 4 is 17.7 Å². The standard InChI is InChI=1S/C20H18F3NO2S/c21-20(22,23)17-9-6-10-18(13-17)26-12-5-4-11-24-19(25)15-27-14-16-7-2-1-3-8-16/h1-3,6-10,13H,11-12,14-15H2,(H,24,25). The number of nitrogens with one attached hydrogen (secondary N) is 1. The van der Waals surface area contributed by atoms with Gasteiger partial charge in [-0.25, -0.2) is 0 Å². The van der Waals surface area contributed by atoms with Gasteiger partial charge in [-0.05, 0) is 23.8 Å². The molecule has 2 aromatic rings. The van der Waals surface area contributed by atoms with Crippen molar-refractivity contribution < 1.29 is 22.7 Å². The molecule has 0 aromatic heterocycles. The summed E-state index contributed by atoms with van der Waals surface area (Å²) in [6.45, 7) is 0.108. The number of ether oxygens (including phenoxy) is 1. The average molecular weight is 393 g/mol. The van der Waals surface area contributed by atoms with E-state index in [0.29, 0.717) is 5.75 Å². The van der Waals surface area contributed by atoms with E-state index < -0.39 is 11.7 Å². The van der Waals surface area contributed by atoms with Crippen molar-refractivity contribution in [3.63, 3.8) is 0 Å². The van der Waals surface area contributed by atoms with Crippen LogP contribution >= 0.6 is 11.8 Å². The minimum atomic E-state index is -4.41. The summed E-state index contributed by atoms with van der Waals surface area (Å²) in [6, 6.07) is 14.5. The first-order valence-corrected chi connectivity index (χ1v) is 9.25. The molecular weight excluding hydrogens is 375 g/mol. The fraction of sp³-hybridized carbons (Fsp3) is 0.250. The normalized spacial score (nSPS) is 10.6. The summed E-state index contributed by atoms with van der Waals surface area (Å²) in [6.07, 6.45) is -4.41. The predicted octanol–water partition coefficient (Wildman–Crippen LogP) is 4.14. The number of amides is 1. The van der Waals surface area contributed by atoms with Crippen molar-refractivity contribution in [3.05, 3.63) is 65.7 Å². The quantitative estimate of drug-likeness (QED) is 0.719. The molecule has 0 unspecified atom stereocenters. The Morgan fingerprint density at radius 3 is 2.59 bits per heavy atom. The molecule has 7 heteroatoms. The number of hydrogen-bond acceptors (Lipinski definition) is 3. The molecule has 2 aromatic carbocycles. The number of benzene rings is 2. The Morgan fingerprint density at radius 2 is 1.85 bits per heavy atom. The Kier molecular flexibility index (Phi) is 8.08. The van der Waals surface area contributed by atoms with Crippen LogP contribution in [0.3, 0.4) is 0 Å². The molecule has 0 saturated carbocycles. The van der Waals surface area contributed by atoms with Crippen molar-refractivity contribution in [2.45, 2.75) is 11.9 Å². The van der Waals surface area contributed by atoms with Gasteiger partial charge in [0.05, 0.1) is 17.9 Å². The lowest BCUT2D eigenvalue weighted by atomic mass is 10.2. The first kappa shape index (κ1) is 20.7. The van der Waals surface area contributed by atoms with Crippen LogP contribution in [0.2, 0.25) is 0 Å². The van der Waals surface area contributed by atoms with E-state index in [1.54, 1.807) is 0 Å². The lowest BCUT2D eigenvalue weighted by Gasteiger charge is -2.08. The lowest BCUT2D eigenvalue weighted by molar-refractivity contribution is -0.137. The molecule has 0 radical (unpaired) electrons. The van der Waals surface area contributed by atoms with E-state index in [2.05, 4.69) is 17.2 Å². The van der Waals surface area contributed by atoms with Gasteiger partial charge >= 0.3 is 6.18 Å². The Hall–Kier alpha value is -2.59. The molecule has 0 aliphatic rings. The zero-order valence-corrected chi connectivity index (χ0v) is 15.2. The van der Waals surface area contributed by atoms with Gasteiger partial charge in [-0.1, -0.05) is 48.2 Å². The average Bonchev–Trinajstić information content (AvgIpc) is 2.65. The van der Waals surface area contributed by atoms with Gasteiger partial charge in [0.25, 0.3) is 0 Å². The summed E-state index contributed by atoms with van der Waals surface area (Å²) in [5, 5.41) is 2.66. The van der Waals surface area contributed by atoms with Gasteiger partial charge in [0, 0.05) is 5.75 Å². The maximum Gasteiger partial charge on any atom is 0.416 e. The molecule has 0 aliphatic carbocycles. The Balaban J connectivity index is 1.62.